The lowest BCUT2D eigenvalue weighted by Crippen LogP contribution is -2.39. The topological polar surface area (TPSA) is 44.7 Å². The molecular formula is C9H8ClN3O. The van der Waals surface area contributed by atoms with E-state index < -0.39 is 0 Å². The summed E-state index contributed by atoms with van der Waals surface area (Å²) in [5.41, 5.74) is 3.21. The minimum atomic E-state index is -0.132. The van der Waals surface area contributed by atoms with Crippen molar-refractivity contribution in [3.63, 3.8) is 0 Å². The number of halogens is 1. The number of hydrogen-bond acceptors (Lipinski definition) is 3. The molecule has 0 aliphatic carbocycles. The molecule has 0 saturated carbocycles. The Labute approximate surface area is 86.2 Å². The van der Waals surface area contributed by atoms with Crippen LogP contribution in [0.1, 0.15) is 0 Å². The molecule has 2 rings (SSSR count). The molecule has 72 valence electrons. The first-order valence-electron chi connectivity index (χ1n) is 4.10. The molecule has 14 heavy (non-hydrogen) atoms. The normalized spacial score (nSPS) is 15.5. The van der Waals surface area contributed by atoms with Gasteiger partial charge in [-0.15, -0.1) is 0 Å². The van der Waals surface area contributed by atoms with Gasteiger partial charge in [0, 0.05) is 10.7 Å². The molecule has 0 atom stereocenters. The van der Waals surface area contributed by atoms with Gasteiger partial charge in [0.2, 0.25) is 0 Å². The quantitative estimate of drug-likeness (QED) is 0.756. The first-order chi connectivity index (χ1) is 6.75. The van der Waals surface area contributed by atoms with Gasteiger partial charge in [-0.25, -0.2) is 5.43 Å². The Hall–Kier alpha value is -1.55. The highest BCUT2D eigenvalue weighted by molar-refractivity contribution is 6.30. The minimum Gasteiger partial charge on any atom is -0.321 e. The Morgan fingerprint density at radius 1 is 1.50 bits per heavy atom. The van der Waals surface area contributed by atoms with Crippen molar-refractivity contribution >= 4 is 29.5 Å². The number of hydrogen-bond donors (Lipinski definition) is 1. The summed E-state index contributed by atoms with van der Waals surface area (Å²) < 4.78 is 0. The lowest BCUT2D eigenvalue weighted by molar-refractivity contribution is -0.119. The predicted octanol–water partition coefficient (Wildman–Crippen LogP) is 1.22. The summed E-state index contributed by atoms with van der Waals surface area (Å²) in [4.78, 5) is 12.8. The van der Waals surface area contributed by atoms with Crippen LogP contribution < -0.4 is 10.3 Å². The van der Waals surface area contributed by atoms with E-state index in [9.17, 15) is 4.79 Å². The third-order valence-corrected chi connectivity index (χ3v) is 2.08. The molecule has 0 radical (unpaired) electrons. The maximum absolute atomic E-state index is 11.0. The molecule has 1 aliphatic heterocycles. The van der Waals surface area contributed by atoms with Crippen molar-refractivity contribution in [2.75, 3.05) is 11.4 Å². The maximum atomic E-state index is 11.0. The molecule has 4 nitrogen and oxygen atoms in total. The average molecular weight is 210 g/mol. The van der Waals surface area contributed by atoms with E-state index in [1.807, 2.05) is 12.1 Å². The summed E-state index contributed by atoms with van der Waals surface area (Å²) in [5, 5.41) is 4.34. The fourth-order valence-electron chi connectivity index (χ4n) is 1.21. The third kappa shape index (κ3) is 1.85. The summed E-state index contributed by atoms with van der Waals surface area (Å²) in [7, 11) is 0. The van der Waals surface area contributed by atoms with E-state index in [0.29, 0.717) is 5.02 Å². The van der Waals surface area contributed by atoms with Gasteiger partial charge < -0.3 is 4.90 Å². The van der Waals surface area contributed by atoms with Crippen LogP contribution in [0.25, 0.3) is 0 Å². The SMILES string of the molecule is O=C1CN(c2cccc(Cl)c2)C=NN1. The monoisotopic (exact) mass is 209 g/mol. The molecule has 1 aromatic rings. The number of nitrogens with one attached hydrogen (secondary N) is 1. The highest BCUT2D eigenvalue weighted by Gasteiger charge is 2.13. The van der Waals surface area contributed by atoms with E-state index in [-0.39, 0.29) is 12.5 Å². The molecule has 1 amide bonds. The van der Waals surface area contributed by atoms with Gasteiger partial charge in [0.25, 0.3) is 5.91 Å². The van der Waals surface area contributed by atoms with Gasteiger partial charge in [0.1, 0.15) is 12.9 Å². The van der Waals surface area contributed by atoms with E-state index in [1.165, 1.54) is 0 Å². The van der Waals surface area contributed by atoms with Gasteiger partial charge in [0.05, 0.1) is 0 Å². The number of carbonyl (C=O) groups excluding carboxylic acids is 1. The number of hydrazone groups is 1. The lowest BCUT2D eigenvalue weighted by Gasteiger charge is -2.21. The van der Waals surface area contributed by atoms with Gasteiger partial charge in [-0.05, 0) is 18.2 Å². The minimum absolute atomic E-state index is 0.132. The second-order valence-electron chi connectivity index (χ2n) is 2.89. The van der Waals surface area contributed by atoms with E-state index in [0.717, 1.165) is 5.69 Å². The fourth-order valence-corrected chi connectivity index (χ4v) is 1.40. The van der Waals surface area contributed by atoms with Crippen LogP contribution in [0, 0.1) is 0 Å². The van der Waals surface area contributed by atoms with Gasteiger partial charge in [0.15, 0.2) is 0 Å². The van der Waals surface area contributed by atoms with Crippen LogP contribution in [-0.4, -0.2) is 18.8 Å². The molecular weight excluding hydrogens is 202 g/mol. The summed E-state index contributed by atoms with van der Waals surface area (Å²) in [6.07, 6.45) is 1.56. The van der Waals surface area contributed by atoms with Crippen molar-refractivity contribution < 1.29 is 4.79 Å². The Kier molecular flexibility index (Phi) is 2.37. The molecule has 0 fully saturated rings. The number of carbonyl (C=O) groups is 1. The van der Waals surface area contributed by atoms with Gasteiger partial charge in [-0.2, -0.15) is 5.10 Å². The van der Waals surface area contributed by atoms with Crippen LogP contribution in [0.15, 0.2) is 29.4 Å². The zero-order valence-corrected chi connectivity index (χ0v) is 8.03. The molecule has 0 aromatic heterocycles. The number of rotatable bonds is 1. The molecule has 5 heteroatoms. The molecule has 0 unspecified atom stereocenters. The van der Waals surface area contributed by atoms with Crippen molar-refractivity contribution in [3.05, 3.63) is 29.3 Å². The summed E-state index contributed by atoms with van der Waals surface area (Å²) in [6.45, 7) is 0.268. The second kappa shape index (κ2) is 3.67. The Balaban J connectivity index is 2.26. The fraction of sp³-hybridized carbons (Fsp3) is 0.111. The third-order valence-electron chi connectivity index (χ3n) is 1.84. The van der Waals surface area contributed by atoms with Crippen LogP contribution >= 0.6 is 11.6 Å². The van der Waals surface area contributed by atoms with Crippen LogP contribution in [0.2, 0.25) is 5.02 Å². The van der Waals surface area contributed by atoms with Crippen molar-refractivity contribution in [2.45, 2.75) is 0 Å². The van der Waals surface area contributed by atoms with Crippen molar-refractivity contribution in [2.24, 2.45) is 5.10 Å². The first-order valence-corrected chi connectivity index (χ1v) is 4.48. The number of benzene rings is 1. The Morgan fingerprint density at radius 3 is 3.07 bits per heavy atom. The number of nitrogens with zero attached hydrogens (tertiary/aromatic N) is 2. The first kappa shape index (κ1) is 9.02. The zero-order valence-electron chi connectivity index (χ0n) is 7.27. The largest absolute Gasteiger partial charge is 0.321 e. The number of anilines is 1. The van der Waals surface area contributed by atoms with Crippen molar-refractivity contribution in [1.29, 1.82) is 0 Å². The standard InChI is InChI=1S/C9H8ClN3O/c10-7-2-1-3-8(4-7)13-5-9(14)12-11-6-13/h1-4,6H,5H2,(H,12,14). The summed E-state index contributed by atoms with van der Waals surface area (Å²) >= 11 is 5.83. The Bertz CT molecular complexity index is 391. The maximum Gasteiger partial charge on any atom is 0.260 e. The highest BCUT2D eigenvalue weighted by Crippen LogP contribution is 2.18. The molecule has 1 heterocycles. The van der Waals surface area contributed by atoms with Gasteiger partial charge in [-0.3, -0.25) is 4.79 Å². The average Bonchev–Trinajstić information content (AvgIpc) is 2.18. The van der Waals surface area contributed by atoms with Crippen molar-refractivity contribution in [1.82, 2.24) is 5.43 Å². The molecule has 0 spiro atoms. The van der Waals surface area contributed by atoms with E-state index in [1.54, 1.807) is 23.4 Å². The molecule has 0 saturated heterocycles. The van der Waals surface area contributed by atoms with Crippen LogP contribution in [0.4, 0.5) is 5.69 Å². The number of amides is 1. The highest BCUT2D eigenvalue weighted by atomic mass is 35.5. The van der Waals surface area contributed by atoms with Gasteiger partial charge in [-0.1, -0.05) is 17.7 Å². The van der Waals surface area contributed by atoms with E-state index >= 15 is 0 Å². The summed E-state index contributed by atoms with van der Waals surface area (Å²) in [6, 6.07) is 7.27. The molecule has 1 aliphatic rings. The van der Waals surface area contributed by atoms with Crippen LogP contribution in [-0.2, 0) is 4.79 Å². The van der Waals surface area contributed by atoms with Gasteiger partial charge >= 0.3 is 0 Å². The van der Waals surface area contributed by atoms with E-state index in [2.05, 4.69) is 10.5 Å². The smallest absolute Gasteiger partial charge is 0.260 e. The molecule has 1 N–H and O–H groups in total. The second-order valence-corrected chi connectivity index (χ2v) is 3.32. The Morgan fingerprint density at radius 2 is 2.36 bits per heavy atom. The van der Waals surface area contributed by atoms with E-state index in [4.69, 9.17) is 11.6 Å². The van der Waals surface area contributed by atoms with Crippen LogP contribution in [0.5, 0.6) is 0 Å². The zero-order chi connectivity index (χ0) is 9.97. The van der Waals surface area contributed by atoms with Crippen molar-refractivity contribution in [3.8, 4) is 0 Å². The molecule has 1 aromatic carbocycles. The predicted molar refractivity (Wildman–Crippen MR) is 55.4 cm³/mol. The lowest BCUT2D eigenvalue weighted by atomic mass is 10.3. The van der Waals surface area contributed by atoms with Crippen LogP contribution in [0.3, 0.4) is 0 Å². The molecule has 0 bridgehead atoms. The summed E-state index contributed by atoms with van der Waals surface area (Å²) in [5.74, 6) is -0.132.